The van der Waals surface area contributed by atoms with Gasteiger partial charge in [-0.1, -0.05) is 0 Å². The Morgan fingerprint density at radius 1 is 1.33 bits per heavy atom. The lowest BCUT2D eigenvalue weighted by Gasteiger charge is -2.24. The molecule has 0 aromatic heterocycles. The van der Waals surface area contributed by atoms with Gasteiger partial charge in [0.2, 0.25) is 0 Å². The molecule has 1 rings (SSSR count). The molecule has 6 heteroatoms. The Morgan fingerprint density at radius 2 is 1.94 bits per heavy atom. The number of nitrogens with zero attached hydrogens (tertiary/aromatic N) is 1. The largest absolute Gasteiger partial charge is 0.469 e. The summed E-state index contributed by atoms with van der Waals surface area (Å²) in [6.07, 6.45) is -1.77. The lowest BCUT2D eigenvalue weighted by atomic mass is 10.0. The van der Waals surface area contributed by atoms with E-state index in [1.165, 1.54) is 12.0 Å². The van der Waals surface area contributed by atoms with Crippen molar-refractivity contribution in [3.63, 3.8) is 0 Å². The second-order valence-corrected chi connectivity index (χ2v) is 5.44. The van der Waals surface area contributed by atoms with Crippen molar-refractivity contribution in [2.24, 2.45) is 5.92 Å². The summed E-state index contributed by atoms with van der Waals surface area (Å²) in [6.45, 7) is 5.40. The van der Waals surface area contributed by atoms with Crippen molar-refractivity contribution in [1.29, 1.82) is 0 Å². The molecule has 0 aliphatic carbocycles. The minimum Gasteiger partial charge on any atom is -0.469 e. The fourth-order valence-electron chi connectivity index (χ4n) is 1.80. The summed E-state index contributed by atoms with van der Waals surface area (Å²) in [7, 11) is 1.26. The Balaban J connectivity index is 2.53. The highest BCUT2D eigenvalue weighted by Gasteiger charge is 2.38. The molecule has 0 bridgehead atoms. The van der Waals surface area contributed by atoms with Crippen LogP contribution in [0.2, 0.25) is 0 Å². The maximum atomic E-state index is 13.7. The van der Waals surface area contributed by atoms with E-state index in [4.69, 9.17) is 4.74 Å². The summed E-state index contributed by atoms with van der Waals surface area (Å²) in [5.41, 5.74) is -0.608. The van der Waals surface area contributed by atoms with Crippen molar-refractivity contribution in [1.82, 2.24) is 4.90 Å². The number of halogens is 1. The molecule has 1 heterocycles. The first-order chi connectivity index (χ1) is 8.23. The van der Waals surface area contributed by atoms with E-state index in [1.807, 2.05) is 0 Å². The van der Waals surface area contributed by atoms with Crippen LogP contribution in [-0.2, 0) is 14.3 Å². The van der Waals surface area contributed by atoms with Crippen LogP contribution >= 0.6 is 0 Å². The quantitative estimate of drug-likeness (QED) is 0.711. The normalized spacial score (nSPS) is 23.9. The van der Waals surface area contributed by atoms with Gasteiger partial charge in [0.05, 0.1) is 20.1 Å². The van der Waals surface area contributed by atoms with Crippen LogP contribution in [0.5, 0.6) is 0 Å². The predicted octanol–water partition coefficient (Wildman–Crippen LogP) is 1.75. The first-order valence-corrected chi connectivity index (χ1v) is 5.91. The third kappa shape index (κ3) is 4.16. The Hall–Kier alpha value is -1.33. The highest BCUT2D eigenvalue weighted by atomic mass is 19.1. The van der Waals surface area contributed by atoms with Crippen molar-refractivity contribution in [2.75, 3.05) is 20.2 Å². The zero-order chi connectivity index (χ0) is 13.9. The molecular formula is C12H20FNO4. The molecule has 0 spiro atoms. The number of alkyl halides is 1. The Bertz CT molecular complexity index is 327. The van der Waals surface area contributed by atoms with Crippen molar-refractivity contribution in [2.45, 2.75) is 39.0 Å². The molecule has 1 saturated heterocycles. The predicted molar refractivity (Wildman–Crippen MR) is 62.8 cm³/mol. The van der Waals surface area contributed by atoms with Gasteiger partial charge in [0.15, 0.2) is 0 Å². The number of ether oxygens (including phenoxy) is 2. The van der Waals surface area contributed by atoms with Gasteiger partial charge in [-0.2, -0.15) is 0 Å². The second kappa shape index (κ2) is 5.54. The van der Waals surface area contributed by atoms with Crippen molar-refractivity contribution in [3.8, 4) is 0 Å². The van der Waals surface area contributed by atoms with Crippen LogP contribution in [0.4, 0.5) is 9.18 Å². The Labute approximate surface area is 106 Å². The van der Waals surface area contributed by atoms with Gasteiger partial charge in [-0.3, -0.25) is 4.79 Å². The lowest BCUT2D eigenvalue weighted by Crippen LogP contribution is -2.35. The van der Waals surface area contributed by atoms with Gasteiger partial charge < -0.3 is 14.4 Å². The third-order valence-corrected chi connectivity index (χ3v) is 2.67. The van der Waals surface area contributed by atoms with Gasteiger partial charge in [-0.05, 0) is 20.8 Å². The van der Waals surface area contributed by atoms with Crippen LogP contribution in [0.15, 0.2) is 0 Å². The maximum absolute atomic E-state index is 13.7. The standard InChI is InChI=1S/C12H20FNO4/c1-12(2,3)18-11(16)14-6-8(9(13)7-14)5-10(15)17-4/h8-9H,5-7H2,1-4H3/t8-,9-/m1/s1. The van der Waals surface area contributed by atoms with E-state index < -0.39 is 29.8 Å². The molecule has 0 aromatic carbocycles. The Kier molecular flexibility index (Phi) is 4.53. The van der Waals surface area contributed by atoms with Gasteiger partial charge in [-0.15, -0.1) is 0 Å². The number of hydrogen-bond acceptors (Lipinski definition) is 4. The zero-order valence-electron chi connectivity index (χ0n) is 11.2. The SMILES string of the molecule is COC(=O)C[C@@H]1CN(C(=O)OC(C)(C)C)C[C@H]1F. The van der Waals surface area contributed by atoms with Crippen molar-refractivity contribution in [3.05, 3.63) is 0 Å². The number of esters is 1. The van der Waals surface area contributed by atoms with Crippen LogP contribution in [0.25, 0.3) is 0 Å². The van der Waals surface area contributed by atoms with Crippen LogP contribution in [0.3, 0.4) is 0 Å². The zero-order valence-corrected chi connectivity index (χ0v) is 11.2. The van der Waals surface area contributed by atoms with Gasteiger partial charge in [0.25, 0.3) is 0 Å². The molecule has 18 heavy (non-hydrogen) atoms. The topological polar surface area (TPSA) is 55.8 Å². The summed E-state index contributed by atoms with van der Waals surface area (Å²) in [5.74, 6) is -0.973. The average Bonchev–Trinajstić information content (AvgIpc) is 2.58. The summed E-state index contributed by atoms with van der Waals surface area (Å²) < 4.78 is 23.3. The molecule has 1 aliphatic heterocycles. The molecule has 0 aromatic rings. The van der Waals surface area contributed by atoms with E-state index in [0.29, 0.717) is 0 Å². The maximum Gasteiger partial charge on any atom is 0.410 e. The fraction of sp³-hybridized carbons (Fsp3) is 0.833. The second-order valence-electron chi connectivity index (χ2n) is 5.44. The third-order valence-electron chi connectivity index (χ3n) is 2.67. The van der Waals surface area contributed by atoms with Crippen molar-refractivity contribution >= 4 is 12.1 Å². The number of likely N-dealkylation sites (tertiary alicyclic amines) is 1. The fourth-order valence-corrected chi connectivity index (χ4v) is 1.80. The van der Waals surface area contributed by atoms with Crippen LogP contribution in [0, 0.1) is 5.92 Å². The molecule has 0 N–H and O–H groups in total. The van der Waals surface area contributed by atoms with Gasteiger partial charge in [0.1, 0.15) is 11.8 Å². The minimum atomic E-state index is -1.21. The lowest BCUT2D eigenvalue weighted by molar-refractivity contribution is -0.142. The molecule has 5 nitrogen and oxygen atoms in total. The summed E-state index contributed by atoms with van der Waals surface area (Å²) in [4.78, 5) is 24.1. The molecule has 104 valence electrons. The smallest absolute Gasteiger partial charge is 0.410 e. The molecular weight excluding hydrogens is 241 g/mol. The summed E-state index contributed by atoms with van der Waals surface area (Å²) >= 11 is 0. The molecule has 1 fully saturated rings. The highest BCUT2D eigenvalue weighted by Crippen LogP contribution is 2.25. The average molecular weight is 261 g/mol. The number of amides is 1. The van der Waals surface area contributed by atoms with Crippen LogP contribution in [0.1, 0.15) is 27.2 Å². The summed E-state index contributed by atoms with van der Waals surface area (Å²) in [5, 5.41) is 0. The van der Waals surface area contributed by atoms with E-state index in [2.05, 4.69) is 4.74 Å². The van der Waals surface area contributed by atoms with Gasteiger partial charge in [-0.25, -0.2) is 9.18 Å². The highest BCUT2D eigenvalue weighted by molar-refractivity contribution is 5.71. The monoisotopic (exact) mass is 261 g/mol. The molecule has 0 saturated carbocycles. The molecule has 0 radical (unpaired) electrons. The first-order valence-electron chi connectivity index (χ1n) is 5.91. The number of carbonyl (C=O) groups excluding carboxylic acids is 2. The number of carbonyl (C=O) groups is 2. The molecule has 1 amide bonds. The number of methoxy groups -OCH3 is 1. The van der Waals surface area contributed by atoms with E-state index in [9.17, 15) is 14.0 Å². The molecule has 1 aliphatic rings. The molecule has 0 unspecified atom stereocenters. The van der Waals surface area contributed by atoms with Crippen LogP contribution < -0.4 is 0 Å². The van der Waals surface area contributed by atoms with Crippen molar-refractivity contribution < 1.29 is 23.5 Å². The Morgan fingerprint density at radius 3 is 2.44 bits per heavy atom. The van der Waals surface area contributed by atoms with Crippen LogP contribution in [-0.4, -0.2) is 48.9 Å². The minimum absolute atomic E-state index is 0.0169. The van der Waals surface area contributed by atoms with Gasteiger partial charge >= 0.3 is 12.1 Å². The van der Waals surface area contributed by atoms with E-state index in [0.717, 1.165) is 0 Å². The van der Waals surface area contributed by atoms with E-state index >= 15 is 0 Å². The first kappa shape index (κ1) is 14.7. The molecule has 2 atom stereocenters. The van der Waals surface area contributed by atoms with E-state index in [-0.39, 0.29) is 19.5 Å². The van der Waals surface area contributed by atoms with E-state index in [1.54, 1.807) is 20.8 Å². The van der Waals surface area contributed by atoms with Gasteiger partial charge in [0, 0.05) is 12.5 Å². The number of hydrogen-bond donors (Lipinski definition) is 0. The summed E-state index contributed by atoms with van der Waals surface area (Å²) in [6, 6.07) is 0. The number of rotatable bonds is 2.